The van der Waals surface area contributed by atoms with Gasteiger partial charge >= 0.3 is 0 Å². The number of benzene rings is 3. The smallest absolute Gasteiger partial charge is 0.248 e. The second-order valence-corrected chi connectivity index (χ2v) is 11.2. The van der Waals surface area contributed by atoms with Crippen LogP contribution in [0.1, 0.15) is 57.4 Å². The maximum atomic E-state index is 14.5. The van der Waals surface area contributed by atoms with Crippen LogP contribution in [0.5, 0.6) is 0 Å². The topological polar surface area (TPSA) is 74.3 Å². The molecule has 0 spiro atoms. The molecule has 6 nitrogen and oxygen atoms in total. The minimum absolute atomic E-state index is 0.0282. The van der Waals surface area contributed by atoms with Gasteiger partial charge in [0.15, 0.2) is 0 Å². The van der Waals surface area contributed by atoms with E-state index in [1.54, 1.807) is 45.3 Å². The van der Waals surface area contributed by atoms with Gasteiger partial charge in [0.25, 0.3) is 0 Å². The lowest BCUT2D eigenvalue weighted by Crippen LogP contribution is -2.50. The van der Waals surface area contributed by atoms with Crippen molar-refractivity contribution in [3.63, 3.8) is 0 Å². The highest BCUT2D eigenvalue weighted by Crippen LogP contribution is 2.32. The zero-order valence-electron chi connectivity index (χ0n) is 25.2. The molecule has 43 heavy (non-hydrogen) atoms. The molecule has 224 valence electrons. The molecule has 0 saturated heterocycles. The average molecular weight is 585 g/mol. The van der Waals surface area contributed by atoms with E-state index in [1.807, 2.05) is 50.2 Å². The zero-order chi connectivity index (χ0) is 31.1. The van der Waals surface area contributed by atoms with Crippen LogP contribution in [0.25, 0.3) is 16.3 Å². The number of carbonyl (C=O) groups excluding carboxylic acids is 2. The van der Waals surface area contributed by atoms with Gasteiger partial charge in [-0.1, -0.05) is 56.3 Å². The highest BCUT2D eigenvalue weighted by molar-refractivity contribution is 6.03. The van der Waals surface area contributed by atoms with Gasteiger partial charge in [-0.2, -0.15) is 0 Å². The van der Waals surface area contributed by atoms with E-state index in [1.165, 1.54) is 4.90 Å². The predicted octanol–water partition coefficient (Wildman–Crippen LogP) is 6.76. The van der Waals surface area contributed by atoms with Crippen LogP contribution in [0.15, 0.2) is 85.2 Å². The molecule has 5 rings (SSSR count). The molecule has 2 amide bonds. The second-order valence-electron chi connectivity index (χ2n) is 11.2. The summed E-state index contributed by atoms with van der Waals surface area (Å²) in [4.78, 5) is 33.8. The lowest BCUT2D eigenvalue weighted by Gasteiger charge is -2.34. The van der Waals surface area contributed by atoms with Gasteiger partial charge in [-0.3, -0.25) is 19.5 Å². The number of nitrogens with zero attached hydrogens (tertiary/aromatic N) is 2. The quantitative estimate of drug-likeness (QED) is 0.252. The summed E-state index contributed by atoms with van der Waals surface area (Å²) in [6, 6.07) is 16.5. The number of rotatable bonds is 7. The Morgan fingerprint density at radius 2 is 1.65 bits per heavy atom. The van der Waals surface area contributed by atoms with Gasteiger partial charge < -0.3 is 10.6 Å². The Labute approximate surface area is 251 Å². The Morgan fingerprint density at radius 3 is 2.28 bits per heavy atom. The van der Waals surface area contributed by atoms with Crippen molar-refractivity contribution in [2.24, 2.45) is 0 Å². The Morgan fingerprint density at radius 1 is 0.977 bits per heavy atom. The summed E-state index contributed by atoms with van der Waals surface area (Å²) in [5.74, 6) is -2.65. The fourth-order valence-corrected chi connectivity index (χ4v) is 5.12. The molecule has 4 aromatic rings. The highest BCUT2D eigenvalue weighted by atomic mass is 19.1. The van der Waals surface area contributed by atoms with Crippen molar-refractivity contribution in [1.29, 1.82) is 0 Å². The number of pyridine rings is 1. The van der Waals surface area contributed by atoms with Crippen molar-refractivity contribution in [2.45, 2.75) is 52.6 Å². The molecule has 0 radical (unpaired) electrons. The highest BCUT2D eigenvalue weighted by Gasteiger charge is 2.35. The van der Waals surface area contributed by atoms with E-state index in [0.29, 0.717) is 11.3 Å². The molecule has 1 atom stereocenters. The fraction of sp³-hybridized carbons (Fsp3) is 0.286. The summed E-state index contributed by atoms with van der Waals surface area (Å²) < 4.78 is 29.0. The number of anilines is 1. The fourth-order valence-electron chi connectivity index (χ4n) is 5.12. The first-order valence-corrected chi connectivity index (χ1v) is 14.5. The van der Waals surface area contributed by atoms with E-state index in [-0.39, 0.29) is 12.0 Å². The van der Waals surface area contributed by atoms with Crippen LogP contribution in [0, 0.1) is 11.6 Å². The van der Waals surface area contributed by atoms with Crippen LogP contribution < -0.4 is 15.5 Å². The number of carbonyl (C=O) groups is 2. The molecule has 2 heterocycles. The van der Waals surface area contributed by atoms with E-state index >= 15 is 0 Å². The predicted molar refractivity (Wildman–Crippen MR) is 169 cm³/mol. The first-order chi connectivity index (χ1) is 20.6. The maximum Gasteiger partial charge on any atom is 0.248 e. The van der Waals surface area contributed by atoms with Crippen molar-refractivity contribution >= 4 is 33.8 Å². The van der Waals surface area contributed by atoms with E-state index in [2.05, 4.69) is 21.7 Å². The lowest BCUT2D eigenvalue weighted by atomic mass is 9.98. The van der Waals surface area contributed by atoms with Gasteiger partial charge in [0.2, 0.25) is 11.8 Å². The van der Waals surface area contributed by atoms with Crippen LogP contribution in [0.3, 0.4) is 0 Å². The Balaban J connectivity index is 0.00000207. The van der Waals surface area contributed by atoms with Gasteiger partial charge in [0, 0.05) is 48.2 Å². The molecular weight excluding hydrogens is 546 g/mol. The first kappa shape index (κ1) is 31.5. The van der Waals surface area contributed by atoms with Gasteiger partial charge in [0.1, 0.15) is 17.7 Å². The maximum absolute atomic E-state index is 14.5. The SMILES string of the molecule is CC.CC(C)(C)NC(=O)C(c1cc(F)cc(F)c1)N(C(=O)Cc1cncc2ccccc12)c1ccc(C2=CCNC2)cc1. The van der Waals surface area contributed by atoms with Gasteiger partial charge in [0.05, 0.1) is 6.42 Å². The van der Waals surface area contributed by atoms with Crippen LogP contribution in [0.4, 0.5) is 14.5 Å². The normalized spacial score (nSPS) is 13.5. The van der Waals surface area contributed by atoms with Crippen molar-refractivity contribution in [2.75, 3.05) is 18.0 Å². The Kier molecular flexibility index (Phi) is 10.0. The summed E-state index contributed by atoms with van der Waals surface area (Å²) in [7, 11) is 0. The lowest BCUT2D eigenvalue weighted by molar-refractivity contribution is -0.127. The molecule has 3 aromatic carbocycles. The Hall–Kier alpha value is -4.43. The van der Waals surface area contributed by atoms with Gasteiger partial charge in [-0.05, 0) is 72.7 Å². The summed E-state index contributed by atoms with van der Waals surface area (Å²) >= 11 is 0. The number of nitrogens with one attached hydrogen (secondary N) is 2. The molecule has 0 saturated carbocycles. The summed E-state index contributed by atoms with van der Waals surface area (Å²) in [6.45, 7) is 10.9. The van der Waals surface area contributed by atoms with Crippen LogP contribution in [-0.4, -0.2) is 35.4 Å². The van der Waals surface area contributed by atoms with Crippen molar-refractivity contribution in [1.82, 2.24) is 15.6 Å². The number of aromatic nitrogens is 1. The number of fused-ring (bicyclic) bond motifs is 1. The monoisotopic (exact) mass is 584 g/mol. The number of halogens is 2. The van der Waals surface area contributed by atoms with Crippen molar-refractivity contribution in [3.05, 3.63) is 114 Å². The second kappa shape index (κ2) is 13.7. The summed E-state index contributed by atoms with van der Waals surface area (Å²) in [5, 5.41) is 7.91. The van der Waals surface area contributed by atoms with E-state index in [4.69, 9.17) is 0 Å². The molecular formula is C35H38F2N4O2. The molecule has 2 N–H and O–H groups in total. The third-order valence-electron chi connectivity index (χ3n) is 6.89. The molecule has 0 aliphatic carbocycles. The molecule has 1 aliphatic rings. The molecule has 0 bridgehead atoms. The molecule has 1 unspecified atom stereocenters. The molecule has 1 aromatic heterocycles. The van der Waals surface area contributed by atoms with Crippen LogP contribution >= 0.6 is 0 Å². The standard InChI is InChI=1S/C33H32F2N4O2.C2H6/c1-33(2,3)38-32(41)31(24-14-26(34)17-27(35)15-24)39(28-10-8-21(9-11-28)22-12-13-36-18-22)30(40)16-25-20-37-19-23-6-4-5-7-29(23)25;1-2/h4-12,14-15,17,19-20,31,36H,13,16,18H2,1-3H3,(H,38,41);1-2H3. The summed E-state index contributed by atoms with van der Waals surface area (Å²) in [6.07, 6.45) is 5.37. The van der Waals surface area contributed by atoms with Gasteiger partial charge in [-0.15, -0.1) is 0 Å². The van der Waals surface area contributed by atoms with Crippen LogP contribution in [0.2, 0.25) is 0 Å². The number of hydrogen-bond acceptors (Lipinski definition) is 4. The van der Waals surface area contributed by atoms with E-state index in [0.717, 1.165) is 53.2 Å². The van der Waals surface area contributed by atoms with E-state index in [9.17, 15) is 18.4 Å². The van der Waals surface area contributed by atoms with Crippen molar-refractivity contribution < 1.29 is 18.4 Å². The third-order valence-corrected chi connectivity index (χ3v) is 6.89. The molecule has 1 aliphatic heterocycles. The average Bonchev–Trinajstić information content (AvgIpc) is 3.51. The first-order valence-electron chi connectivity index (χ1n) is 14.5. The number of hydrogen-bond donors (Lipinski definition) is 2. The number of amides is 2. The minimum Gasteiger partial charge on any atom is -0.349 e. The molecule has 8 heteroatoms. The largest absolute Gasteiger partial charge is 0.349 e. The van der Waals surface area contributed by atoms with Gasteiger partial charge in [-0.25, -0.2) is 8.78 Å². The third kappa shape index (κ3) is 7.70. The zero-order valence-corrected chi connectivity index (χ0v) is 25.2. The molecule has 0 fully saturated rings. The Bertz CT molecular complexity index is 1600. The van der Waals surface area contributed by atoms with Crippen molar-refractivity contribution in [3.8, 4) is 0 Å². The minimum atomic E-state index is -1.34. The van der Waals surface area contributed by atoms with E-state index < -0.39 is 35.0 Å². The summed E-state index contributed by atoms with van der Waals surface area (Å²) in [5.41, 5.74) is 2.58. The van der Waals surface area contributed by atoms with Crippen LogP contribution in [-0.2, 0) is 16.0 Å².